The number of rotatable bonds is 6. The lowest BCUT2D eigenvalue weighted by Gasteiger charge is -2.45. The number of piperazine rings is 1. The van der Waals surface area contributed by atoms with Gasteiger partial charge in [0.05, 0.1) is 6.10 Å². The monoisotopic (exact) mass is 414 g/mol. The van der Waals surface area contributed by atoms with E-state index in [1.165, 1.54) is 16.2 Å². The van der Waals surface area contributed by atoms with Crippen LogP contribution in [0.5, 0.6) is 0 Å². The molecule has 2 aromatic rings. The first-order valence-corrected chi connectivity index (χ1v) is 11.8. The summed E-state index contributed by atoms with van der Waals surface area (Å²) in [6.07, 6.45) is 3.82. The molecular weight excluding hydrogens is 380 g/mol. The molecule has 5 nitrogen and oxygen atoms in total. The van der Waals surface area contributed by atoms with E-state index in [4.69, 9.17) is 0 Å². The Labute approximate surface area is 179 Å². The van der Waals surface area contributed by atoms with Crippen molar-refractivity contribution in [1.29, 1.82) is 0 Å². The van der Waals surface area contributed by atoms with Crippen LogP contribution in [0.1, 0.15) is 30.0 Å². The molecule has 0 aromatic carbocycles. The largest absolute Gasteiger partial charge is 0.390 e. The second kappa shape index (κ2) is 9.56. The molecule has 0 radical (unpaired) electrons. The fraction of sp³-hybridized carbons (Fsp3) is 0.609. The van der Waals surface area contributed by atoms with Gasteiger partial charge in [0, 0.05) is 67.8 Å². The highest BCUT2D eigenvalue weighted by atomic mass is 32.1. The molecule has 2 aliphatic rings. The van der Waals surface area contributed by atoms with E-state index >= 15 is 0 Å². The van der Waals surface area contributed by atoms with Crippen molar-refractivity contribution in [2.75, 3.05) is 44.2 Å². The second-order valence-corrected chi connectivity index (χ2v) is 10.1. The van der Waals surface area contributed by atoms with Crippen LogP contribution >= 0.6 is 11.3 Å². The maximum atomic E-state index is 10.9. The average Bonchev–Trinajstić information content (AvgIpc) is 3.15. The predicted octanol–water partition coefficient (Wildman–Crippen LogP) is 3.10. The van der Waals surface area contributed by atoms with Gasteiger partial charge in [0.25, 0.3) is 0 Å². The van der Waals surface area contributed by atoms with Gasteiger partial charge in [-0.1, -0.05) is 19.9 Å². The van der Waals surface area contributed by atoms with Crippen LogP contribution in [0.15, 0.2) is 36.5 Å². The highest BCUT2D eigenvalue weighted by Crippen LogP contribution is 2.25. The van der Waals surface area contributed by atoms with E-state index in [0.717, 1.165) is 58.1 Å². The number of aromatic nitrogens is 1. The Morgan fingerprint density at radius 2 is 1.86 bits per heavy atom. The average molecular weight is 415 g/mol. The van der Waals surface area contributed by atoms with Gasteiger partial charge in [-0.3, -0.25) is 9.80 Å². The second-order valence-electron chi connectivity index (χ2n) is 8.84. The summed E-state index contributed by atoms with van der Waals surface area (Å²) in [5, 5.41) is 10.9. The van der Waals surface area contributed by atoms with Gasteiger partial charge < -0.3 is 10.0 Å². The lowest BCUT2D eigenvalue weighted by molar-refractivity contribution is -0.0169. The fourth-order valence-corrected chi connectivity index (χ4v) is 5.89. The number of aliphatic hydroxyl groups is 1. The van der Waals surface area contributed by atoms with E-state index in [0.29, 0.717) is 5.92 Å². The van der Waals surface area contributed by atoms with Gasteiger partial charge in [-0.2, -0.15) is 0 Å². The number of aliphatic hydroxyl groups excluding tert-OH is 1. The summed E-state index contributed by atoms with van der Waals surface area (Å²) in [4.78, 5) is 14.7. The molecule has 2 aromatic heterocycles. The summed E-state index contributed by atoms with van der Waals surface area (Å²) in [7, 11) is 0. The molecule has 6 heteroatoms. The number of hydrogen-bond donors (Lipinski definition) is 1. The minimum absolute atomic E-state index is 0.264. The van der Waals surface area contributed by atoms with E-state index < -0.39 is 0 Å². The number of anilines is 1. The third kappa shape index (κ3) is 5.37. The van der Waals surface area contributed by atoms with Crippen molar-refractivity contribution in [3.63, 3.8) is 0 Å². The summed E-state index contributed by atoms with van der Waals surface area (Å²) < 4.78 is 0. The zero-order valence-corrected chi connectivity index (χ0v) is 18.5. The van der Waals surface area contributed by atoms with Crippen LogP contribution in [-0.2, 0) is 13.0 Å². The Morgan fingerprint density at radius 3 is 2.55 bits per heavy atom. The number of pyridine rings is 1. The first kappa shape index (κ1) is 20.8. The van der Waals surface area contributed by atoms with E-state index in [2.05, 4.69) is 51.7 Å². The number of nitrogens with zero attached hydrogens (tertiary/aromatic N) is 4. The molecule has 1 N–H and O–H groups in total. The zero-order chi connectivity index (χ0) is 20.2. The summed E-state index contributed by atoms with van der Waals surface area (Å²) in [5.41, 5.74) is 0. The molecule has 2 aliphatic heterocycles. The first-order chi connectivity index (χ1) is 14.1. The third-order valence-electron chi connectivity index (χ3n) is 6.09. The Balaban J connectivity index is 1.26. The van der Waals surface area contributed by atoms with Crippen LogP contribution < -0.4 is 4.90 Å². The summed E-state index contributed by atoms with van der Waals surface area (Å²) in [5.74, 6) is 1.77. The van der Waals surface area contributed by atoms with E-state index in [9.17, 15) is 5.11 Å². The molecule has 4 rings (SSSR count). The van der Waals surface area contributed by atoms with Crippen LogP contribution in [-0.4, -0.2) is 71.3 Å². The standard InChI is InChI=1S/C23H34N4OS/c1-18(2)15-19-6-7-20(29-19)16-25-10-8-21(22(28)17-25)26-11-13-27(14-12-26)23-5-3-4-9-24-23/h3-7,9,18,21-22,28H,8,10-17H2,1-2H3/t21-,22-/m1/s1. The lowest BCUT2D eigenvalue weighted by atomic mass is 9.99. The van der Waals surface area contributed by atoms with Gasteiger partial charge in [0.2, 0.25) is 0 Å². The van der Waals surface area contributed by atoms with Crippen molar-refractivity contribution in [2.24, 2.45) is 5.92 Å². The zero-order valence-electron chi connectivity index (χ0n) is 17.7. The number of β-amino-alcohol motifs (C(OH)–C–C–N with tert-alkyl or cyclic N) is 1. The maximum Gasteiger partial charge on any atom is 0.128 e. The molecule has 29 heavy (non-hydrogen) atoms. The molecule has 0 aliphatic carbocycles. The lowest BCUT2D eigenvalue weighted by Crippen LogP contribution is -2.58. The van der Waals surface area contributed by atoms with E-state index in [1.54, 1.807) is 0 Å². The fourth-order valence-electron chi connectivity index (χ4n) is 4.62. The smallest absolute Gasteiger partial charge is 0.128 e. The van der Waals surface area contributed by atoms with Crippen molar-refractivity contribution >= 4 is 17.2 Å². The van der Waals surface area contributed by atoms with Gasteiger partial charge >= 0.3 is 0 Å². The van der Waals surface area contributed by atoms with Crippen LogP contribution in [0.4, 0.5) is 5.82 Å². The van der Waals surface area contributed by atoms with Gasteiger partial charge in [-0.05, 0) is 43.0 Å². The first-order valence-electron chi connectivity index (χ1n) is 11.0. The number of likely N-dealkylation sites (tertiary alicyclic amines) is 1. The third-order valence-corrected chi connectivity index (χ3v) is 7.19. The van der Waals surface area contributed by atoms with Crippen molar-refractivity contribution in [3.05, 3.63) is 46.3 Å². The highest BCUT2D eigenvalue weighted by Gasteiger charge is 2.33. The quantitative estimate of drug-likeness (QED) is 0.787. The van der Waals surface area contributed by atoms with Crippen molar-refractivity contribution in [1.82, 2.24) is 14.8 Å². The van der Waals surface area contributed by atoms with Gasteiger partial charge in [0.15, 0.2) is 0 Å². The number of piperidine rings is 1. The predicted molar refractivity (Wildman–Crippen MR) is 121 cm³/mol. The summed E-state index contributed by atoms with van der Waals surface area (Å²) in [6.45, 7) is 11.3. The minimum Gasteiger partial charge on any atom is -0.390 e. The Morgan fingerprint density at radius 1 is 1.07 bits per heavy atom. The molecule has 0 spiro atoms. The normalized spacial score (nSPS) is 24.3. The Hall–Kier alpha value is -1.47. The van der Waals surface area contributed by atoms with E-state index in [-0.39, 0.29) is 12.1 Å². The molecule has 0 bridgehead atoms. The van der Waals surface area contributed by atoms with Crippen molar-refractivity contribution < 1.29 is 5.11 Å². The molecule has 4 heterocycles. The Bertz CT molecular complexity index is 757. The van der Waals surface area contributed by atoms with Crippen molar-refractivity contribution in [3.8, 4) is 0 Å². The van der Waals surface area contributed by atoms with Gasteiger partial charge in [-0.25, -0.2) is 4.98 Å². The summed E-state index contributed by atoms with van der Waals surface area (Å²) in [6, 6.07) is 10.9. The molecule has 158 valence electrons. The highest BCUT2D eigenvalue weighted by molar-refractivity contribution is 7.11. The van der Waals surface area contributed by atoms with Gasteiger partial charge in [0.1, 0.15) is 5.82 Å². The molecule has 0 unspecified atom stereocenters. The molecule has 0 amide bonds. The minimum atomic E-state index is -0.264. The number of hydrogen-bond acceptors (Lipinski definition) is 6. The molecule has 0 saturated carbocycles. The topological polar surface area (TPSA) is 42.8 Å². The maximum absolute atomic E-state index is 10.9. The van der Waals surface area contributed by atoms with Crippen LogP contribution in [0.2, 0.25) is 0 Å². The van der Waals surface area contributed by atoms with Crippen LogP contribution in [0, 0.1) is 5.92 Å². The summed E-state index contributed by atoms with van der Waals surface area (Å²) >= 11 is 1.94. The van der Waals surface area contributed by atoms with E-state index in [1.807, 2.05) is 29.7 Å². The van der Waals surface area contributed by atoms with Crippen molar-refractivity contribution in [2.45, 2.75) is 45.4 Å². The molecule has 2 saturated heterocycles. The Kier molecular flexibility index (Phi) is 6.85. The SMILES string of the molecule is CC(C)Cc1ccc(CN2CC[C@@H](N3CCN(c4ccccn4)CC3)[C@H](O)C2)s1. The number of thiophene rings is 1. The van der Waals surface area contributed by atoms with Crippen LogP contribution in [0.3, 0.4) is 0 Å². The molecular formula is C23H34N4OS. The van der Waals surface area contributed by atoms with Crippen LogP contribution in [0.25, 0.3) is 0 Å². The van der Waals surface area contributed by atoms with Gasteiger partial charge in [-0.15, -0.1) is 11.3 Å². The molecule has 2 fully saturated rings. The molecule has 2 atom stereocenters.